The van der Waals surface area contributed by atoms with Crippen LogP contribution in [0.25, 0.3) is 0 Å². The van der Waals surface area contributed by atoms with Gasteiger partial charge in [0.05, 0.1) is 0 Å². The van der Waals surface area contributed by atoms with Gasteiger partial charge in [-0.15, -0.1) is 0 Å². The van der Waals surface area contributed by atoms with Crippen molar-refractivity contribution < 1.29 is 14.3 Å². The summed E-state index contributed by atoms with van der Waals surface area (Å²) in [6.07, 6.45) is 0.199. The van der Waals surface area contributed by atoms with Gasteiger partial charge >= 0.3 is 0 Å². The minimum absolute atomic E-state index is 0.0979. The number of nitrogens with one attached hydrogen (secondary N) is 2. The minimum atomic E-state index is -0.600. The Morgan fingerprint density at radius 2 is 1.32 bits per heavy atom. The molecule has 2 aromatic rings. The van der Waals surface area contributed by atoms with Crippen LogP contribution in [-0.4, -0.2) is 11.8 Å². The van der Waals surface area contributed by atoms with Gasteiger partial charge in [-0.05, 0) is 41.7 Å². The number of amides is 2. The van der Waals surface area contributed by atoms with Crippen molar-refractivity contribution >= 4 is 11.8 Å². The van der Waals surface area contributed by atoms with E-state index in [9.17, 15) is 9.59 Å². The molecule has 0 aliphatic heterocycles. The van der Waals surface area contributed by atoms with E-state index < -0.39 is 6.17 Å². The first-order valence-corrected chi connectivity index (χ1v) is 9.75. The summed E-state index contributed by atoms with van der Waals surface area (Å²) in [6.45, 7) is 7.95. The third kappa shape index (κ3) is 7.43. The monoisotopic (exact) mass is 382 g/mol. The lowest BCUT2D eigenvalue weighted by molar-refractivity contribution is -0.125. The average molecular weight is 383 g/mol. The summed E-state index contributed by atoms with van der Waals surface area (Å²) in [4.78, 5) is 24.6. The molecule has 2 N–H and O–H groups in total. The van der Waals surface area contributed by atoms with Crippen LogP contribution in [0.3, 0.4) is 0 Å². The molecule has 2 aromatic carbocycles. The van der Waals surface area contributed by atoms with Gasteiger partial charge in [0.1, 0.15) is 17.7 Å². The van der Waals surface area contributed by atoms with E-state index in [0.29, 0.717) is 18.6 Å². The molecule has 28 heavy (non-hydrogen) atoms. The summed E-state index contributed by atoms with van der Waals surface area (Å²) in [5.41, 5.74) is 0.766. The van der Waals surface area contributed by atoms with E-state index in [-0.39, 0.29) is 23.7 Å². The van der Waals surface area contributed by atoms with Crippen molar-refractivity contribution in [2.24, 2.45) is 11.8 Å². The van der Waals surface area contributed by atoms with Gasteiger partial charge in [-0.3, -0.25) is 9.59 Å². The van der Waals surface area contributed by atoms with Gasteiger partial charge in [-0.25, -0.2) is 0 Å². The smallest absolute Gasteiger partial charge is 0.222 e. The van der Waals surface area contributed by atoms with Gasteiger partial charge in [-0.2, -0.15) is 0 Å². The predicted molar refractivity (Wildman–Crippen MR) is 111 cm³/mol. The van der Waals surface area contributed by atoms with Crippen LogP contribution in [0.4, 0.5) is 0 Å². The van der Waals surface area contributed by atoms with E-state index in [1.165, 1.54) is 0 Å². The molecule has 0 atom stereocenters. The number of hydrogen-bond donors (Lipinski definition) is 2. The third-order valence-electron chi connectivity index (χ3n) is 3.97. The standard InChI is InChI=1S/C23H30N2O3/c1-16(2)13-21(26)24-23(25-22(27)14-17(3)4)18-9-8-12-20(15-18)28-19-10-6-5-7-11-19/h5-12,15-17,23H,13-14H2,1-4H3,(H,24,26)(H,25,27). The molecule has 0 aromatic heterocycles. The second kappa shape index (κ2) is 10.5. The van der Waals surface area contributed by atoms with Crippen LogP contribution in [0.2, 0.25) is 0 Å². The first-order valence-electron chi connectivity index (χ1n) is 9.75. The Balaban J connectivity index is 2.19. The zero-order valence-electron chi connectivity index (χ0n) is 17.1. The molecule has 0 unspecified atom stereocenters. The Labute approximate surface area is 167 Å². The molecule has 0 heterocycles. The normalized spacial score (nSPS) is 11.0. The SMILES string of the molecule is CC(C)CC(=O)NC(NC(=O)CC(C)C)c1cccc(Oc2ccccc2)c1. The highest BCUT2D eigenvalue weighted by molar-refractivity contribution is 5.79. The highest BCUT2D eigenvalue weighted by Gasteiger charge is 2.19. The van der Waals surface area contributed by atoms with Gasteiger partial charge in [0.2, 0.25) is 11.8 Å². The largest absolute Gasteiger partial charge is 0.457 e. The third-order valence-corrected chi connectivity index (χ3v) is 3.97. The second-order valence-electron chi connectivity index (χ2n) is 7.75. The van der Waals surface area contributed by atoms with E-state index in [2.05, 4.69) is 10.6 Å². The number of ether oxygens (including phenoxy) is 1. The molecule has 0 radical (unpaired) electrons. The molecule has 0 spiro atoms. The molecule has 150 valence electrons. The number of rotatable bonds is 9. The fraction of sp³-hybridized carbons (Fsp3) is 0.391. The number of hydrogen-bond acceptors (Lipinski definition) is 3. The van der Waals surface area contributed by atoms with Crippen molar-refractivity contribution in [2.45, 2.75) is 46.7 Å². The molecule has 0 bridgehead atoms. The maximum Gasteiger partial charge on any atom is 0.222 e. The van der Waals surface area contributed by atoms with Gasteiger partial charge in [0.25, 0.3) is 0 Å². The first kappa shape index (κ1) is 21.5. The highest BCUT2D eigenvalue weighted by Crippen LogP contribution is 2.24. The topological polar surface area (TPSA) is 67.4 Å². The molecule has 0 saturated carbocycles. The minimum Gasteiger partial charge on any atom is -0.457 e. The van der Waals surface area contributed by atoms with Crippen LogP contribution in [0.5, 0.6) is 11.5 Å². The fourth-order valence-corrected chi connectivity index (χ4v) is 2.77. The summed E-state index contributed by atoms with van der Waals surface area (Å²) in [5.74, 6) is 1.65. The van der Waals surface area contributed by atoms with Crippen molar-refractivity contribution in [2.75, 3.05) is 0 Å². The Hall–Kier alpha value is -2.82. The van der Waals surface area contributed by atoms with Crippen molar-refractivity contribution in [3.05, 3.63) is 60.2 Å². The van der Waals surface area contributed by atoms with Crippen LogP contribution in [-0.2, 0) is 9.59 Å². The summed E-state index contributed by atoms with van der Waals surface area (Å²) in [6, 6.07) is 16.9. The molecule has 5 heteroatoms. The Morgan fingerprint density at radius 3 is 1.86 bits per heavy atom. The summed E-state index contributed by atoms with van der Waals surface area (Å²) in [7, 11) is 0. The van der Waals surface area contributed by atoms with Crippen molar-refractivity contribution in [3.63, 3.8) is 0 Å². The Kier molecular flexibility index (Phi) is 8.05. The van der Waals surface area contributed by atoms with E-state index in [1.54, 1.807) is 0 Å². The predicted octanol–water partition coefficient (Wildman–Crippen LogP) is 4.80. The van der Waals surface area contributed by atoms with E-state index >= 15 is 0 Å². The molecule has 0 aliphatic carbocycles. The van der Waals surface area contributed by atoms with Crippen molar-refractivity contribution in [1.82, 2.24) is 10.6 Å². The fourth-order valence-electron chi connectivity index (χ4n) is 2.77. The molecule has 5 nitrogen and oxygen atoms in total. The summed E-state index contributed by atoms with van der Waals surface area (Å²) < 4.78 is 5.88. The Bertz CT molecular complexity index is 748. The number of carbonyl (C=O) groups excluding carboxylic acids is 2. The Morgan fingerprint density at radius 1 is 0.786 bits per heavy atom. The van der Waals surface area contributed by atoms with Crippen LogP contribution in [0.1, 0.15) is 52.3 Å². The lowest BCUT2D eigenvalue weighted by atomic mass is 10.1. The zero-order valence-corrected chi connectivity index (χ0v) is 17.1. The van der Waals surface area contributed by atoms with Crippen molar-refractivity contribution in [1.29, 1.82) is 0 Å². The average Bonchev–Trinajstić information content (AvgIpc) is 2.61. The van der Waals surface area contributed by atoms with E-state index in [4.69, 9.17) is 4.74 Å². The molecular weight excluding hydrogens is 352 g/mol. The quantitative estimate of drug-likeness (QED) is 0.612. The molecule has 0 fully saturated rings. The first-order chi connectivity index (χ1) is 13.3. The van der Waals surface area contributed by atoms with Gasteiger partial charge in [0.15, 0.2) is 0 Å². The molecule has 2 rings (SSSR count). The lowest BCUT2D eigenvalue weighted by Gasteiger charge is -2.22. The van der Waals surface area contributed by atoms with Crippen LogP contribution >= 0.6 is 0 Å². The van der Waals surface area contributed by atoms with Gasteiger partial charge in [-0.1, -0.05) is 58.0 Å². The van der Waals surface area contributed by atoms with Crippen LogP contribution in [0.15, 0.2) is 54.6 Å². The molecule has 0 saturated heterocycles. The summed E-state index contributed by atoms with van der Waals surface area (Å²) in [5, 5.41) is 5.87. The van der Waals surface area contributed by atoms with Gasteiger partial charge < -0.3 is 15.4 Å². The number of benzene rings is 2. The maximum absolute atomic E-state index is 12.3. The van der Waals surface area contributed by atoms with Crippen LogP contribution < -0.4 is 15.4 Å². The lowest BCUT2D eigenvalue weighted by Crippen LogP contribution is -2.41. The van der Waals surface area contributed by atoms with Gasteiger partial charge in [0, 0.05) is 12.8 Å². The number of para-hydroxylation sites is 1. The van der Waals surface area contributed by atoms with E-state index in [0.717, 1.165) is 11.3 Å². The second-order valence-corrected chi connectivity index (χ2v) is 7.75. The molecular formula is C23H30N2O3. The molecule has 2 amide bonds. The van der Waals surface area contributed by atoms with E-state index in [1.807, 2.05) is 82.3 Å². The van der Waals surface area contributed by atoms with Crippen molar-refractivity contribution in [3.8, 4) is 11.5 Å². The maximum atomic E-state index is 12.3. The molecule has 0 aliphatic rings. The zero-order chi connectivity index (χ0) is 20.5. The highest BCUT2D eigenvalue weighted by atomic mass is 16.5. The number of carbonyl (C=O) groups is 2. The summed E-state index contributed by atoms with van der Waals surface area (Å²) >= 11 is 0. The van der Waals surface area contributed by atoms with Crippen LogP contribution in [0, 0.1) is 11.8 Å².